The maximum absolute atomic E-state index is 12.3. The molecule has 0 saturated carbocycles. The van der Waals surface area contributed by atoms with Crippen molar-refractivity contribution in [2.24, 2.45) is 0 Å². The number of carbonyl (C=O) groups is 3. The standard InChI is InChI=1S/C13H21NO7/c1-19-8-7-14(6-5-11(15)20-2)12(16)9-3-4-10(21-9)13(17)18/h9-10H,3-8H2,1-2H3,(H,17,18). The molecule has 1 rings (SSSR count). The zero-order valence-corrected chi connectivity index (χ0v) is 12.2. The van der Waals surface area contributed by atoms with E-state index < -0.39 is 24.1 Å². The minimum Gasteiger partial charge on any atom is -0.479 e. The minimum atomic E-state index is -1.07. The van der Waals surface area contributed by atoms with E-state index >= 15 is 0 Å². The summed E-state index contributed by atoms with van der Waals surface area (Å²) >= 11 is 0. The Morgan fingerprint density at radius 2 is 1.86 bits per heavy atom. The van der Waals surface area contributed by atoms with E-state index in [0.29, 0.717) is 26.0 Å². The van der Waals surface area contributed by atoms with Crippen molar-refractivity contribution in [1.82, 2.24) is 4.90 Å². The van der Waals surface area contributed by atoms with E-state index in [2.05, 4.69) is 4.74 Å². The fourth-order valence-corrected chi connectivity index (χ4v) is 2.07. The monoisotopic (exact) mass is 303 g/mol. The van der Waals surface area contributed by atoms with Crippen molar-refractivity contribution in [2.75, 3.05) is 33.9 Å². The Balaban J connectivity index is 2.58. The van der Waals surface area contributed by atoms with Gasteiger partial charge in [0.2, 0.25) is 0 Å². The van der Waals surface area contributed by atoms with Gasteiger partial charge in [0, 0.05) is 20.2 Å². The second-order valence-electron chi connectivity index (χ2n) is 4.67. The molecule has 1 saturated heterocycles. The Morgan fingerprint density at radius 1 is 1.19 bits per heavy atom. The second kappa shape index (κ2) is 8.58. The van der Waals surface area contributed by atoms with Crippen LogP contribution < -0.4 is 0 Å². The van der Waals surface area contributed by atoms with E-state index in [0.717, 1.165) is 0 Å². The van der Waals surface area contributed by atoms with Crippen LogP contribution in [0.15, 0.2) is 0 Å². The molecule has 2 unspecified atom stereocenters. The predicted octanol–water partition coefficient (Wildman–Crippen LogP) is -0.343. The maximum atomic E-state index is 12.3. The molecule has 1 heterocycles. The number of esters is 1. The highest BCUT2D eigenvalue weighted by molar-refractivity contribution is 5.83. The van der Waals surface area contributed by atoms with Gasteiger partial charge in [-0.05, 0) is 12.8 Å². The van der Waals surface area contributed by atoms with Gasteiger partial charge >= 0.3 is 11.9 Å². The molecule has 0 aromatic rings. The lowest BCUT2D eigenvalue weighted by Crippen LogP contribution is -2.42. The van der Waals surface area contributed by atoms with Gasteiger partial charge in [0.05, 0.1) is 20.1 Å². The number of carboxylic acids is 1. The third-order valence-corrected chi connectivity index (χ3v) is 3.26. The summed E-state index contributed by atoms with van der Waals surface area (Å²) in [6.07, 6.45) is -0.983. The van der Waals surface area contributed by atoms with Crippen molar-refractivity contribution in [1.29, 1.82) is 0 Å². The highest BCUT2D eigenvalue weighted by Gasteiger charge is 2.36. The number of rotatable bonds is 8. The lowest BCUT2D eigenvalue weighted by atomic mass is 10.1. The molecule has 0 aliphatic carbocycles. The summed E-state index contributed by atoms with van der Waals surface area (Å²) in [4.78, 5) is 35.8. The van der Waals surface area contributed by atoms with Crippen LogP contribution in [0.2, 0.25) is 0 Å². The minimum absolute atomic E-state index is 0.0705. The average Bonchev–Trinajstić information content (AvgIpc) is 2.96. The van der Waals surface area contributed by atoms with Crippen LogP contribution in [0.4, 0.5) is 0 Å². The van der Waals surface area contributed by atoms with Crippen LogP contribution in [-0.4, -0.2) is 74.0 Å². The molecular weight excluding hydrogens is 282 g/mol. The van der Waals surface area contributed by atoms with E-state index in [1.807, 2.05) is 0 Å². The van der Waals surface area contributed by atoms with E-state index in [1.165, 1.54) is 19.1 Å². The van der Waals surface area contributed by atoms with Crippen LogP contribution in [0, 0.1) is 0 Å². The number of nitrogens with zero attached hydrogens (tertiary/aromatic N) is 1. The Morgan fingerprint density at radius 3 is 2.38 bits per heavy atom. The van der Waals surface area contributed by atoms with E-state index in [1.54, 1.807) is 0 Å². The molecule has 1 amide bonds. The van der Waals surface area contributed by atoms with Crippen molar-refractivity contribution in [3.63, 3.8) is 0 Å². The zero-order chi connectivity index (χ0) is 15.8. The first-order valence-electron chi connectivity index (χ1n) is 6.72. The molecule has 1 fully saturated rings. The van der Waals surface area contributed by atoms with Crippen molar-refractivity contribution in [3.8, 4) is 0 Å². The number of methoxy groups -OCH3 is 2. The number of hydrogen-bond acceptors (Lipinski definition) is 6. The number of carboxylic acid groups (broad SMARTS) is 1. The third-order valence-electron chi connectivity index (χ3n) is 3.26. The average molecular weight is 303 g/mol. The molecule has 1 aliphatic heterocycles. The van der Waals surface area contributed by atoms with E-state index in [4.69, 9.17) is 14.6 Å². The van der Waals surface area contributed by atoms with Crippen molar-refractivity contribution in [3.05, 3.63) is 0 Å². The fraction of sp³-hybridized carbons (Fsp3) is 0.769. The SMILES string of the molecule is COCCN(CCC(=O)OC)C(=O)C1CCC(C(=O)O)O1. The second-order valence-corrected chi connectivity index (χ2v) is 4.67. The highest BCUT2D eigenvalue weighted by atomic mass is 16.5. The lowest BCUT2D eigenvalue weighted by Gasteiger charge is -2.24. The van der Waals surface area contributed by atoms with Gasteiger partial charge in [0.15, 0.2) is 6.10 Å². The van der Waals surface area contributed by atoms with Crippen molar-refractivity contribution in [2.45, 2.75) is 31.5 Å². The van der Waals surface area contributed by atoms with Gasteiger partial charge in [0.1, 0.15) is 6.10 Å². The molecule has 2 atom stereocenters. The summed E-state index contributed by atoms with van der Waals surface area (Å²) in [6, 6.07) is 0. The van der Waals surface area contributed by atoms with E-state index in [9.17, 15) is 14.4 Å². The van der Waals surface area contributed by atoms with E-state index in [-0.39, 0.29) is 18.9 Å². The van der Waals surface area contributed by atoms with Gasteiger partial charge in [-0.2, -0.15) is 0 Å². The summed E-state index contributed by atoms with van der Waals surface area (Å²) in [7, 11) is 2.79. The Kier molecular flexibility index (Phi) is 7.10. The molecule has 8 nitrogen and oxygen atoms in total. The van der Waals surface area contributed by atoms with Crippen LogP contribution in [0.3, 0.4) is 0 Å². The van der Waals surface area contributed by atoms with Gasteiger partial charge < -0.3 is 24.2 Å². The summed E-state index contributed by atoms with van der Waals surface area (Å²) in [5.41, 5.74) is 0. The largest absolute Gasteiger partial charge is 0.479 e. The Hall–Kier alpha value is -1.67. The summed E-state index contributed by atoms with van der Waals surface area (Å²) in [5, 5.41) is 8.87. The molecule has 8 heteroatoms. The van der Waals surface area contributed by atoms with Crippen LogP contribution in [0.1, 0.15) is 19.3 Å². The molecule has 21 heavy (non-hydrogen) atoms. The molecule has 1 aliphatic rings. The Bertz CT molecular complexity index is 385. The predicted molar refractivity (Wildman–Crippen MR) is 70.6 cm³/mol. The molecule has 0 aromatic heterocycles. The van der Waals surface area contributed by atoms with Crippen LogP contribution in [0.25, 0.3) is 0 Å². The maximum Gasteiger partial charge on any atom is 0.332 e. The lowest BCUT2D eigenvalue weighted by molar-refractivity contribution is -0.155. The van der Waals surface area contributed by atoms with Crippen LogP contribution >= 0.6 is 0 Å². The molecule has 0 radical (unpaired) electrons. The summed E-state index contributed by atoms with van der Waals surface area (Å²) < 4.78 is 14.7. The van der Waals surface area contributed by atoms with Gasteiger partial charge in [0.25, 0.3) is 5.91 Å². The van der Waals surface area contributed by atoms with Gasteiger partial charge in [-0.3, -0.25) is 9.59 Å². The number of amides is 1. The normalized spacial score (nSPS) is 21.0. The number of carbonyl (C=O) groups excluding carboxylic acids is 2. The molecule has 0 bridgehead atoms. The third kappa shape index (κ3) is 5.31. The van der Waals surface area contributed by atoms with Crippen molar-refractivity contribution < 1.29 is 33.7 Å². The molecule has 0 spiro atoms. The Labute approximate surface area is 122 Å². The zero-order valence-electron chi connectivity index (χ0n) is 12.2. The van der Waals surface area contributed by atoms with Crippen LogP contribution in [0.5, 0.6) is 0 Å². The number of aliphatic carboxylic acids is 1. The highest BCUT2D eigenvalue weighted by Crippen LogP contribution is 2.21. The molecule has 120 valence electrons. The van der Waals surface area contributed by atoms with Gasteiger partial charge in [-0.15, -0.1) is 0 Å². The summed E-state index contributed by atoms with van der Waals surface area (Å²) in [6.45, 7) is 0.818. The quantitative estimate of drug-likeness (QED) is 0.612. The first kappa shape index (κ1) is 17.4. The molecule has 1 N–H and O–H groups in total. The first-order valence-corrected chi connectivity index (χ1v) is 6.72. The number of hydrogen-bond donors (Lipinski definition) is 1. The topological polar surface area (TPSA) is 102 Å². The number of ether oxygens (including phenoxy) is 3. The first-order chi connectivity index (χ1) is 9.99. The van der Waals surface area contributed by atoms with Crippen molar-refractivity contribution >= 4 is 17.8 Å². The smallest absolute Gasteiger partial charge is 0.332 e. The van der Waals surface area contributed by atoms with Gasteiger partial charge in [-0.25, -0.2) is 4.79 Å². The summed E-state index contributed by atoms with van der Waals surface area (Å²) in [5.74, 6) is -1.80. The van der Waals surface area contributed by atoms with Gasteiger partial charge in [-0.1, -0.05) is 0 Å². The molecule has 0 aromatic carbocycles. The van der Waals surface area contributed by atoms with Crippen LogP contribution in [-0.2, 0) is 28.6 Å². The molecular formula is C13H21NO7. The fourth-order valence-electron chi connectivity index (χ4n) is 2.07.